The molecule has 0 radical (unpaired) electrons. The van der Waals surface area contributed by atoms with Gasteiger partial charge in [0.2, 0.25) is 0 Å². The molecule has 1 aliphatic rings. The molecule has 144 valence electrons. The number of anilines is 1. The van der Waals surface area contributed by atoms with Crippen molar-refractivity contribution < 1.29 is 14.3 Å². The van der Waals surface area contributed by atoms with Crippen LogP contribution in [0.1, 0.15) is 33.6 Å². The lowest BCUT2D eigenvalue weighted by molar-refractivity contribution is -0.119. The fourth-order valence-electron chi connectivity index (χ4n) is 3.64. The number of nitrogens with one attached hydrogen (secondary N) is 1. The summed E-state index contributed by atoms with van der Waals surface area (Å²) in [6.45, 7) is -0.371. The van der Waals surface area contributed by atoms with E-state index in [0.29, 0.717) is 17.7 Å². The van der Waals surface area contributed by atoms with Crippen molar-refractivity contribution >= 4 is 28.5 Å². The van der Waals surface area contributed by atoms with E-state index < -0.39 is 11.9 Å². The standard InChI is InChI=1S/C23H19N3O3/c24-13-12-15-8-10-16(11-9-15)25-21(27)14-29-23(28)22-17-4-1-2-6-19(17)26-20-7-3-5-18(20)22/h1-2,4,6,8-11H,3,5,7,12,14H2,(H,25,27). The maximum atomic E-state index is 12.8. The van der Waals surface area contributed by atoms with E-state index in [9.17, 15) is 9.59 Å². The molecule has 29 heavy (non-hydrogen) atoms. The first kappa shape index (κ1) is 18.6. The third-order valence-electron chi connectivity index (χ3n) is 4.98. The first-order chi connectivity index (χ1) is 14.2. The number of aromatic nitrogens is 1. The predicted octanol–water partition coefficient (Wildman–Crippen LogP) is 3.59. The minimum atomic E-state index is -0.499. The molecule has 1 heterocycles. The molecule has 0 saturated heterocycles. The number of para-hydroxylation sites is 1. The highest BCUT2D eigenvalue weighted by atomic mass is 16.5. The molecular weight excluding hydrogens is 366 g/mol. The van der Waals surface area contributed by atoms with Gasteiger partial charge in [0.1, 0.15) is 0 Å². The first-order valence-electron chi connectivity index (χ1n) is 9.49. The van der Waals surface area contributed by atoms with Crippen molar-refractivity contribution in [3.05, 3.63) is 70.9 Å². The summed E-state index contributed by atoms with van der Waals surface area (Å²) in [7, 11) is 0. The predicted molar refractivity (Wildman–Crippen MR) is 108 cm³/mol. The van der Waals surface area contributed by atoms with Crippen LogP contribution in [0.15, 0.2) is 48.5 Å². The minimum Gasteiger partial charge on any atom is -0.452 e. The molecule has 4 rings (SSSR count). The quantitative estimate of drug-likeness (QED) is 0.678. The highest BCUT2D eigenvalue weighted by molar-refractivity contribution is 6.06. The Morgan fingerprint density at radius 3 is 2.69 bits per heavy atom. The number of hydrogen-bond acceptors (Lipinski definition) is 5. The Hall–Kier alpha value is -3.72. The summed E-state index contributed by atoms with van der Waals surface area (Å²) in [5.41, 5.74) is 4.62. The van der Waals surface area contributed by atoms with Crippen molar-refractivity contribution in [3.63, 3.8) is 0 Å². The summed E-state index contributed by atoms with van der Waals surface area (Å²) in [5.74, 6) is -0.914. The maximum absolute atomic E-state index is 12.8. The van der Waals surface area contributed by atoms with Gasteiger partial charge in [-0.05, 0) is 48.6 Å². The van der Waals surface area contributed by atoms with Crippen LogP contribution in [0, 0.1) is 11.3 Å². The van der Waals surface area contributed by atoms with E-state index in [1.807, 2.05) is 24.3 Å². The van der Waals surface area contributed by atoms with Gasteiger partial charge in [-0.2, -0.15) is 5.26 Å². The van der Waals surface area contributed by atoms with Crippen LogP contribution in [0.25, 0.3) is 10.9 Å². The zero-order chi connectivity index (χ0) is 20.2. The molecule has 0 atom stereocenters. The van der Waals surface area contributed by atoms with Crippen molar-refractivity contribution in [1.29, 1.82) is 5.26 Å². The Labute approximate surface area is 168 Å². The van der Waals surface area contributed by atoms with Crippen LogP contribution < -0.4 is 5.32 Å². The Morgan fingerprint density at radius 1 is 1.10 bits per heavy atom. The van der Waals surface area contributed by atoms with Crippen LogP contribution in [0.4, 0.5) is 5.69 Å². The van der Waals surface area contributed by atoms with Gasteiger partial charge in [-0.1, -0.05) is 30.3 Å². The molecule has 1 amide bonds. The zero-order valence-corrected chi connectivity index (χ0v) is 15.8. The number of benzene rings is 2. The largest absolute Gasteiger partial charge is 0.452 e. The molecule has 0 spiro atoms. The van der Waals surface area contributed by atoms with E-state index in [1.165, 1.54) is 0 Å². The number of nitriles is 1. The van der Waals surface area contributed by atoms with Gasteiger partial charge in [0.05, 0.1) is 23.6 Å². The number of carbonyl (C=O) groups is 2. The summed E-state index contributed by atoms with van der Waals surface area (Å²) < 4.78 is 5.34. The lowest BCUT2D eigenvalue weighted by Gasteiger charge is -2.12. The Kier molecular flexibility index (Phi) is 5.21. The fourth-order valence-corrected chi connectivity index (χ4v) is 3.64. The number of nitrogens with zero attached hydrogens (tertiary/aromatic N) is 2. The van der Waals surface area contributed by atoms with Crippen LogP contribution >= 0.6 is 0 Å². The van der Waals surface area contributed by atoms with Crippen molar-refractivity contribution in [2.24, 2.45) is 0 Å². The SMILES string of the molecule is N#CCc1ccc(NC(=O)COC(=O)c2c3c(nc4ccccc24)CCC3)cc1. The third-order valence-corrected chi connectivity index (χ3v) is 4.98. The number of hydrogen-bond donors (Lipinski definition) is 1. The van der Waals surface area contributed by atoms with Crippen molar-refractivity contribution in [1.82, 2.24) is 4.98 Å². The molecule has 0 unspecified atom stereocenters. The zero-order valence-electron chi connectivity index (χ0n) is 15.8. The lowest BCUT2D eigenvalue weighted by Crippen LogP contribution is -2.21. The Morgan fingerprint density at radius 2 is 1.90 bits per heavy atom. The van der Waals surface area contributed by atoms with Crippen LogP contribution in [0.5, 0.6) is 0 Å². The van der Waals surface area contributed by atoms with E-state index in [0.717, 1.165) is 47.0 Å². The monoisotopic (exact) mass is 385 g/mol. The van der Waals surface area contributed by atoms with Gasteiger partial charge in [0, 0.05) is 16.8 Å². The van der Waals surface area contributed by atoms with Gasteiger partial charge in [-0.25, -0.2) is 4.79 Å². The van der Waals surface area contributed by atoms with Crippen LogP contribution in [-0.2, 0) is 28.8 Å². The number of pyridine rings is 1. The molecule has 0 fully saturated rings. The van der Waals surface area contributed by atoms with Crippen LogP contribution in [-0.4, -0.2) is 23.5 Å². The lowest BCUT2D eigenvalue weighted by atomic mass is 10.0. The van der Waals surface area contributed by atoms with E-state index in [4.69, 9.17) is 10.00 Å². The van der Waals surface area contributed by atoms with E-state index in [2.05, 4.69) is 16.4 Å². The van der Waals surface area contributed by atoms with Crippen LogP contribution in [0.2, 0.25) is 0 Å². The summed E-state index contributed by atoms with van der Waals surface area (Å²) in [4.78, 5) is 29.7. The van der Waals surface area contributed by atoms with Gasteiger partial charge in [0.25, 0.3) is 5.91 Å². The normalized spacial score (nSPS) is 12.2. The number of amides is 1. The van der Waals surface area contributed by atoms with Crippen molar-refractivity contribution in [2.75, 3.05) is 11.9 Å². The minimum absolute atomic E-state index is 0.316. The summed E-state index contributed by atoms with van der Waals surface area (Å²) in [6.07, 6.45) is 2.92. The average molecular weight is 385 g/mol. The third kappa shape index (κ3) is 3.94. The Bertz CT molecular complexity index is 1130. The second kappa shape index (κ2) is 8.11. The van der Waals surface area contributed by atoms with Gasteiger partial charge < -0.3 is 10.1 Å². The van der Waals surface area contributed by atoms with Gasteiger partial charge in [-0.3, -0.25) is 9.78 Å². The molecular formula is C23H19N3O3. The van der Waals surface area contributed by atoms with E-state index in [-0.39, 0.29) is 6.61 Å². The topological polar surface area (TPSA) is 92.1 Å². The smallest absolute Gasteiger partial charge is 0.339 e. The van der Waals surface area contributed by atoms with Crippen molar-refractivity contribution in [3.8, 4) is 6.07 Å². The highest BCUT2D eigenvalue weighted by Gasteiger charge is 2.25. The summed E-state index contributed by atoms with van der Waals surface area (Å²) in [5, 5.41) is 12.2. The average Bonchev–Trinajstić information content (AvgIpc) is 3.20. The first-order valence-corrected chi connectivity index (χ1v) is 9.49. The van der Waals surface area contributed by atoms with Gasteiger partial charge >= 0.3 is 5.97 Å². The molecule has 3 aromatic rings. The molecule has 0 aliphatic heterocycles. The molecule has 6 heteroatoms. The second-order valence-electron chi connectivity index (χ2n) is 6.94. The molecule has 1 N–H and O–H groups in total. The number of aryl methyl sites for hydroxylation is 1. The fraction of sp³-hybridized carbons (Fsp3) is 0.217. The highest BCUT2D eigenvalue weighted by Crippen LogP contribution is 2.30. The number of rotatable bonds is 5. The molecule has 2 aromatic carbocycles. The number of carbonyl (C=O) groups excluding carboxylic acids is 2. The molecule has 1 aromatic heterocycles. The summed E-state index contributed by atoms with van der Waals surface area (Å²) >= 11 is 0. The van der Waals surface area contributed by atoms with Gasteiger partial charge in [-0.15, -0.1) is 0 Å². The number of ether oxygens (including phenoxy) is 1. The molecule has 6 nitrogen and oxygen atoms in total. The summed E-state index contributed by atoms with van der Waals surface area (Å²) in [6, 6.07) is 16.6. The van der Waals surface area contributed by atoms with Crippen LogP contribution in [0.3, 0.4) is 0 Å². The van der Waals surface area contributed by atoms with E-state index >= 15 is 0 Å². The number of fused-ring (bicyclic) bond motifs is 2. The van der Waals surface area contributed by atoms with E-state index in [1.54, 1.807) is 24.3 Å². The molecule has 0 saturated carbocycles. The number of esters is 1. The van der Waals surface area contributed by atoms with Gasteiger partial charge in [0.15, 0.2) is 6.61 Å². The second-order valence-corrected chi connectivity index (χ2v) is 6.94. The maximum Gasteiger partial charge on any atom is 0.339 e. The molecule has 1 aliphatic carbocycles. The van der Waals surface area contributed by atoms with Crippen molar-refractivity contribution in [2.45, 2.75) is 25.7 Å². The molecule has 0 bridgehead atoms. The Balaban J connectivity index is 1.46.